The molecule has 1 aromatic heterocycles. The second-order valence-electron chi connectivity index (χ2n) is 7.81. The minimum atomic E-state index is 0.149. The molecule has 1 amide bonds. The van der Waals surface area contributed by atoms with E-state index in [0.29, 0.717) is 18.6 Å². The lowest BCUT2D eigenvalue weighted by atomic mass is 9.75. The molecule has 5 rings (SSSR count). The van der Waals surface area contributed by atoms with Crippen LogP contribution in [0, 0.1) is 11.8 Å². The third kappa shape index (κ3) is 3.98. The molecule has 2 aromatic rings. The van der Waals surface area contributed by atoms with E-state index in [2.05, 4.69) is 15.2 Å². The van der Waals surface area contributed by atoms with E-state index in [1.165, 1.54) is 0 Å². The van der Waals surface area contributed by atoms with Crippen LogP contribution in [0.5, 0.6) is 5.75 Å². The van der Waals surface area contributed by atoms with E-state index in [1.54, 1.807) is 4.90 Å². The molecule has 0 N–H and O–H groups in total. The van der Waals surface area contributed by atoms with Crippen LogP contribution in [0.25, 0.3) is 0 Å². The molecule has 0 saturated carbocycles. The van der Waals surface area contributed by atoms with Crippen molar-refractivity contribution in [3.05, 3.63) is 42.2 Å². The van der Waals surface area contributed by atoms with Crippen molar-refractivity contribution in [1.82, 2.24) is 24.8 Å². The molecule has 3 aliphatic rings. The van der Waals surface area contributed by atoms with E-state index in [0.717, 1.165) is 43.9 Å². The molecule has 3 fully saturated rings. The highest BCUT2D eigenvalue weighted by molar-refractivity contribution is 5.79. The van der Waals surface area contributed by atoms with Crippen LogP contribution in [0.4, 0.5) is 0 Å². The average molecular weight is 369 g/mol. The number of piperidine rings is 3. The first-order valence-corrected chi connectivity index (χ1v) is 9.62. The van der Waals surface area contributed by atoms with Crippen LogP contribution in [0.2, 0.25) is 0 Å². The van der Waals surface area contributed by atoms with E-state index in [9.17, 15) is 4.79 Å². The number of rotatable bonds is 6. The SMILES string of the molecule is CN(C)C(=O)[C@H]1CN2CC[C@@H]1C[C@@H]2Cn1cc(COc2ccccc2)nn1. The van der Waals surface area contributed by atoms with Gasteiger partial charge < -0.3 is 9.64 Å². The van der Waals surface area contributed by atoms with Gasteiger partial charge >= 0.3 is 0 Å². The summed E-state index contributed by atoms with van der Waals surface area (Å²) in [7, 11) is 3.71. The second-order valence-corrected chi connectivity index (χ2v) is 7.81. The van der Waals surface area contributed by atoms with Gasteiger partial charge in [-0.25, -0.2) is 0 Å². The summed E-state index contributed by atoms with van der Waals surface area (Å²) in [6.07, 6.45) is 4.14. The van der Waals surface area contributed by atoms with Crippen LogP contribution in [0.15, 0.2) is 36.5 Å². The maximum atomic E-state index is 12.4. The van der Waals surface area contributed by atoms with Crippen molar-refractivity contribution in [2.24, 2.45) is 11.8 Å². The van der Waals surface area contributed by atoms with Gasteiger partial charge in [-0.3, -0.25) is 14.4 Å². The number of ether oxygens (including phenoxy) is 1. The summed E-state index contributed by atoms with van der Waals surface area (Å²) in [6.45, 7) is 3.17. The first kappa shape index (κ1) is 18.0. The van der Waals surface area contributed by atoms with Gasteiger partial charge in [-0.1, -0.05) is 23.4 Å². The third-order valence-electron chi connectivity index (χ3n) is 5.75. The third-order valence-corrected chi connectivity index (χ3v) is 5.75. The fourth-order valence-corrected chi connectivity index (χ4v) is 4.32. The minimum absolute atomic E-state index is 0.149. The molecule has 0 radical (unpaired) electrons. The Morgan fingerprint density at radius 1 is 1.30 bits per heavy atom. The molecule has 7 heteroatoms. The quantitative estimate of drug-likeness (QED) is 0.775. The van der Waals surface area contributed by atoms with Crippen LogP contribution in [0.3, 0.4) is 0 Å². The zero-order valence-corrected chi connectivity index (χ0v) is 16.0. The van der Waals surface area contributed by atoms with Crippen molar-refractivity contribution in [2.45, 2.75) is 32.0 Å². The molecule has 27 heavy (non-hydrogen) atoms. The van der Waals surface area contributed by atoms with Gasteiger partial charge in [0.1, 0.15) is 18.1 Å². The number of fused-ring (bicyclic) bond motifs is 3. The van der Waals surface area contributed by atoms with Crippen molar-refractivity contribution in [1.29, 1.82) is 0 Å². The summed E-state index contributed by atoms with van der Waals surface area (Å²) in [5.41, 5.74) is 0.829. The Morgan fingerprint density at radius 2 is 2.11 bits per heavy atom. The fourth-order valence-electron chi connectivity index (χ4n) is 4.32. The number of carbonyl (C=O) groups is 1. The summed E-state index contributed by atoms with van der Waals surface area (Å²) in [5, 5.41) is 8.51. The number of nitrogens with zero attached hydrogens (tertiary/aromatic N) is 5. The van der Waals surface area contributed by atoms with Crippen molar-refractivity contribution >= 4 is 5.91 Å². The molecule has 3 saturated heterocycles. The molecule has 4 heterocycles. The number of para-hydroxylation sites is 1. The predicted molar refractivity (Wildman–Crippen MR) is 101 cm³/mol. The number of benzene rings is 1. The van der Waals surface area contributed by atoms with Crippen molar-refractivity contribution < 1.29 is 9.53 Å². The highest BCUT2D eigenvalue weighted by Crippen LogP contribution is 2.37. The van der Waals surface area contributed by atoms with Gasteiger partial charge in [0.25, 0.3) is 0 Å². The molecular formula is C20H27N5O2. The highest BCUT2D eigenvalue weighted by atomic mass is 16.5. The highest BCUT2D eigenvalue weighted by Gasteiger charge is 2.43. The van der Waals surface area contributed by atoms with Crippen LogP contribution in [-0.2, 0) is 17.9 Å². The lowest BCUT2D eigenvalue weighted by Gasteiger charge is -2.49. The van der Waals surface area contributed by atoms with Gasteiger partial charge in [-0.05, 0) is 37.4 Å². The molecule has 4 atom stereocenters. The summed E-state index contributed by atoms with van der Waals surface area (Å²) in [5.74, 6) is 1.73. The largest absolute Gasteiger partial charge is 0.487 e. The first-order chi connectivity index (χ1) is 13.1. The van der Waals surface area contributed by atoms with Crippen LogP contribution in [0.1, 0.15) is 18.5 Å². The number of amides is 1. The van der Waals surface area contributed by atoms with Crippen molar-refractivity contribution in [2.75, 3.05) is 27.2 Å². The second kappa shape index (κ2) is 7.68. The molecule has 0 spiro atoms. The summed E-state index contributed by atoms with van der Waals surface area (Å²) in [6, 6.07) is 10.2. The predicted octanol–water partition coefficient (Wildman–Crippen LogP) is 1.66. The van der Waals surface area contributed by atoms with Crippen LogP contribution in [-0.4, -0.2) is 63.9 Å². The Morgan fingerprint density at radius 3 is 2.81 bits per heavy atom. The average Bonchev–Trinajstić information content (AvgIpc) is 3.14. The number of carbonyl (C=O) groups excluding carboxylic acids is 1. The van der Waals surface area contributed by atoms with Crippen molar-refractivity contribution in [3.63, 3.8) is 0 Å². The van der Waals surface area contributed by atoms with Gasteiger partial charge in [0, 0.05) is 26.7 Å². The number of hydrogen-bond donors (Lipinski definition) is 0. The maximum Gasteiger partial charge on any atom is 0.226 e. The van der Waals surface area contributed by atoms with Gasteiger partial charge in [0.2, 0.25) is 5.91 Å². The lowest BCUT2D eigenvalue weighted by molar-refractivity contribution is -0.141. The summed E-state index contributed by atoms with van der Waals surface area (Å²) in [4.78, 5) is 16.6. The zero-order valence-electron chi connectivity index (χ0n) is 16.0. The van der Waals surface area contributed by atoms with Gasteiger partial charge in [0.05, 0.1) is 18.7 Å². The van der Waals surface area contributed by atoms with E-state index in [4.69, 9.17) is 4.74 Å². The van der Waals surface area contributed by atoms with Gasteiger partial charge in [0.15, 0.2) is 0 Å². The Balaban J connectivity index is 1.33. The van der Waals surface area contributed by atoms with E-state index in [-0.39, 0.29) is 11.8 Å². The Bertz CT molecular complexity index is 776. The van der Waals surface area contributed by atoms with Crippen LogP contribution < -0.4 is 4.74 Å². The fraction of sp³-hybridized carbons (Fsp3) is 0.550. The maximum absolute atomic E-state index is 12.4. The molecular weight excluding hydrogens is 342 g/mol. The number of hydrogen-bond acceptors (Lipinski definition) is 5. The summed E-state index contributed by atoms with van der Waals surface area (Å²) < 4.78 is 7.65. The molecule has 7 nitrogen and oxygen atoms in total. The molecule has 0 aliphatic carbocycles. The van der Waals surface area contributed by atoms with E-state index < -0.39 is 0 Å². The molecule has 2 bridgehead atoms. The van der Waals surface area contributed by atoms with Gasteiger partial charge in [-0.15, -0.1) is 5.10 Å². The Labute approximate surface area is 159 Å². The molecule has 1 aromatic carbocycles. The Kier molecular flexibility index (Phi) is 5.11. The van der Waals surface area contributed by atoms with E-state index in [1.807, 2.05) is 55.3 Å². The van der Waals surface area contributed by atoms with Gasteiger partial charge in [-0.2, -0.15) is 0 Å². The normalized spacial score (nSPS) is 26.7. The minimum Gasteiger partial charge on any atom is -0.487 e. The first-order valence-electron chi connectivity index (χ1n) is 9.62. The molecule has 1 unspecified atom stereocenters. The standard InChI is InChI=1S/C20H27N5O2/c1-23(2)20(26)19-13-24-9-8-15(19)10-17(24)12-25-11-16(21-22-25)14-27-18-6-4-3-5-7-18/h3-7,11,15,17,19H,8-10,12-14H2,1-2H3/t15-,17-,19+/m1/s1. The Hall–Kier alpha value is -2.41. The van der Waals surface area contributed by atoms with Crippen molar-refractivity contribution in [3.8, 4) is 5.75 Å². The monoisotopic (exact) mass is 369 g/mol. The lowest BCUT2D eigenvalue weighted by Crippen LogP contribution is -2.57. The van der Waals surface area contributed by atoms with E-state index >= 15 is 0 Å². The topological polar surface area (TPSA) is 63.5 Å². The number of aromatic nitrogens is 3. The van der Waals surface area contributed by atoms with Crippen LogP contribution >= 0.6 is 0 Å². The summed E-state index contributed by atoms with van der Waals surface area (Å²) >= 11 is 0. The molecule has 144 valence electrons. The zero-order chi connectivity index (χ0) is 18.8. The smallest absolute Gasteiger partial charge is 0.226 e. The molecule has 3 aliphatic heterocycles.